The molecule has 5 aromatic rings. The summed E-state index contributed by atoms with van der Waals surface area (Å²) in [7, 11) is 0. The minimum atomic E-state index is -0.550. The summed E-state index contributed by atoms with van der Waals surface area (Å²) in [5.74, 6) is -0.550. The molecule has 0 radical (unpaired) electrons. The maximum Gasteiger partial charge on any atom is 0.267 e. The average molecular weight is 444 g/mol. The molecule has 11 heteroatoms. The Morgan fingerprint density at radius 2 is 2.09 bits per heavy atom. The van der Waals surface area contributed by atoms with Crippen molar-refractivity contribution in [3.05, 3.63) is 87.0 Å². The van der Waals surface area contributed by atoms with Crippen LogP contribution >= 0.6 is 11.3 Å². The summed E-state index contributed by atoms with van der Waals surface area (Å²) >= 11 is 1.22. The third-order valence-corrected chi connectivity index (χ3v) is 5.63. The maximum atomic E-state index is 13.2. The number of carbonyl (C=O) groups is 1. The second-order valence-corrected chi connectivity index (χ2v) is 8.20. The number of fused-ring (bicyclic) bond motifs is 2. The Morgan fingerprint density at radius 3 is 2.84 bits per heavy atom. The molecule has 5 aromatic heterocycles. The van der Waals surface area contributed by atoms with Crippen molar-refractivity contribution in [2.45, 2.75) is 13.5 Å². The van der Waals surface area contributed by atoms with E-state index in [0.29, 0.717) is 21.4 Å². The van der Waals surface area contributed by atoms with Gasteiger partial charge in [0.2, 0.25) is 5.13 Å². The van der Waals surface area contributed by atoms with Crippen LogP contribution in [0.2, 0.25) is 0 Å². The lowest BCUT2D eigenvalue weighted by molar-refractivity contribution is 0.102. The third kappa shape index (κ3) is 3.44. The van der Waals surface area contributed by atoms with Crippen LogP contribution in [-0.4, -0.2) is 35.0 Å². The van der Waals surface area contributed by atoms with Crippen LogP contribution in [0.5, 0.6) is 0 Å². The number of pyridine rings is 3. The molecule has 5 rings (SSSR count). The van der Waals surface area contributed by atoms with Crippen LogP contribution in [0.1, 0.15) is 20.9 Å². The number of aromatic nitrogens is 6. The van der Waals surface area contributed by atoms with Gasteiger partial charge in [-0.25, -0.2) is 4.98 Å². The predicted octanol–water partition coefficient (Wildman–Crippen LogP) is 1.98. The molecular formula is C21H16N8O2S. The summed E-state index contributed by atoms with van der Waals surface area (Å²) in [5.41, 5.74) is 1.20. The Bertz CT molecular complexity index is 1600. The van der Waals surface area contributed by atoms with Crippen LogP contribution in [-0.2, 0) is 6.54 Å². The lowest BCUT2D eigenvalue weighted by Gasteiger charge is -2.14. The monoisotopic (exact) mass is 444 g/mol. The molecule has 0 aliphatic carbocycles. The first-order valence-corrected chi connectivity index (χ1v) is 10.4. The molecule has 0 saturated heterocycles. The lowest BCUT2D eigenvalue weighted by Crippen LogP contribution is -2.32. The SMILES string of the molecule is Cc1nnc(NC(=O)c2cc3c(=O)n4ccccc4nc3n(Cc3cccnc3)c2=N)s1. The van der Waals surface area contributed by atoms with Crippen molar-refractivity contribution < 1.29 is 4.79 Å². The third-order valence-electron chi connectivity index (χ3n) is 4.87. The van der Waals surface area contributed by atoms with Crippen LogP contribution < -0.4 is 16.4 Å². The topological polar surface area (TPSA) is 131 Å². The quantitative estimate of drug-likeness (QED) is 0.408. The van der Waals surface area contributed by atoms with E-state index in [1.54, 1.807) is 54.3 Å². The Hall–Kier alpha value is -4.25. The highest BCUT2D eigenvalue weighted by atomic mass is 32.1. The van der Waals surface area contributed by atoms with E-state index in [2.05, 4.69) is 25.5 Å². The van der Waals surface area contributed by atoms with Crippen LogP contribution in [0.4, 0.5) is 5.13 Å². The number of hydrogen-bond acceptors (Lipinski definition) is 8. The van der Waals surface area contributed by atoms with Crippen molar-refractivity contribution in [1.82, 2.24) is 29.1 Å². The van der Waals surface area contributed by atoms with Crippen molar-refractivity contribution in [2.75, 3.05) is 5.32 Å². The lowest BCUT2D eigenvalue weighted by atomic mass is 10.2. The molecule has 5 heterocycles. The molecule has 0 aliphatic rings. The Balaban J connectivity index is 1.75. The van der Waals surface area contributed by atoms with Gasteiger partial charge in [-0.2, -0.15) is 0 Å². The van der Waals surface area contributed by atoms with Gasteiger partial charge in [0.25, 0.3) is 11.5 Å². The van der Waals surface area contributed by atoms with Gasteiger partial charge in [0.1, 0.15) is 21.8 Å². The van der Waals surface area contributed by atoms with Crippen LogP contribution in [0.25, 0.3) is 16.7 Å². The van der Waals surface area contributed by atoms with Crippen LogP contribution in [0, 0.1) is 12.3 Å². The smallest absolute Gasteiger partial charge is 0.267 e. The predicted molar refractivity (Wildman–Crippen MR) is 119 cm³/mol. The summed E-state index contributed by atoms with van der Waals surface area (Å²) < 4.78 is 2.96. The van der Waals surface area contributed by atoms with E-state index in [1.165, 1.54) is 21.8 Å². The van der Waals surface area contributed by atoms with E-state index in [4.69, 9.17) is 5.41 Å². The number of hydrogen-bond donors (Lipinski definition) is 2. The van der Waals surface area contributed by atoms with Crippen molar-refractivity contribution in [3.63, 3.8) is 0 Å². The zero-order valence-corrected chi connectivity index (χ0v) is 17.6. The van der Waals surface area contributed by atoms with Crippen LogP contribution in [0.15, 0.2) is 59.8 Å². The van der Waals surface area contributed by atoms with E-state index < -0.39 is 5.91 Å². The molecule has 0 aliphatic heterocycles. The molecule has 0 bridgehead atoms. The minimum absolute atomic E-state index is 0.0315. The highest BCUT2D eigenvalue weighted by molar-refractivity contribution is 7.15. The fourth-order valence-electron chi connectivity index (χ4n) is 3.40. The molecule has 1 amide bonds. The molecule has 2 N–H and O–H groups in total. The van der Waals surface area contributed by atoms with Gasteiger partial charge in [-0.1, -0.05) is 23.5 Å². The molecule has 0 spiro atoms. The normalized spacial score (nSPS) is 11.2. The van der Waals surface area contributed by atoms with Crippen molar-refractivity contribution in [3.8, 4) is 0 Å². The van der Waals surface area contributed by atoms with Gasteiger partial charge < -0.3 is 4.57 Å². The number of aryl methyl sites for hydroxylation is 1. The second-order valence-electron chi connectivity index (χ2n) is 7.02. The highest BCUT2D eigenvalue weighted by Gasteiger charge is 2.19. The molecule has 32 heavy (non-hydrogen) atoms. The van der Waals surface area contributed by atoms with Crippen molar-refractivity contribution in [1.29, 1.82) is 5.41 Å². The molecule has 0 fully saturated rings. The first-order valence-electron chi connectivity index (χ1n) is 9.61. The van der Waals surface area contributed by atoms with Crippen molar-refractivity contribution >= 4 is 39.1 Å². The van der Waals surface area contributed by atoms with Gasteiger partial charge >= 0.3 is 0 Å². The fraction of sp³-hybridized carbons (Fsp3) is 0.0952. The van der Waals surface area contributed by atoms with E-state index in [-0.39, 0.29) is 28.5 Å². The van der Waals surface area contributed by atoms with Gasteiger partial charge in [-0.3, -0.25) is 29.7 Å². The van der Waals surface area contributed by atoms with Gasteiger partial charge in [0.15, 0.2) is 0 Å². The highest BCUT2D eigenvalue weighted by Crippen LogP contribution is 2.16. The number of anilines is 1. The standard InChI is InChI=1S/C21H16N8O2S/c1-12-26-27-21(32-12)25-19(30)14-9-15-18(24-16-6-2-3-8-28(16)20(15)31)29(17(14)22)11-13-5-4-7-23-10-13/h2-10,22H,11H2,1H3,(H,25,27,30). The molecule has 0 atom stereocenters. The van der Waals surface area contributed by atoms with Crippen molar-refractivity contribution in [2.24, 2.45) is 0 Å². The van der Waals surface area contributed by atoms with E-state index in [1.807, 2.05) is 6.07 Å². The molecule has 0 saturated carbocycles. The van der Waals surface area contributed by atoms with Gasteiger partial charge in [-0.05, 0) is 36.8 Å². The maximum absolute atomic E-state index is 13.2. The minimum Gasteiger partial charge on any atom is -0.306 e. The Morgan fingerprint density at radius 1 is 1.22 bits per heavy atom. The fourth-order valence-corrected chi connectivity index (χ4v) is 3.99. The molecule has 158 valence electrons. The van der Waals surface area contributed by atoms with E-state index in [9.17, 15) is 9.59 Å². The van der Waals surface area contributed by atoms with Gasteiger partial charge in [0.05, 0.1) is 17.5 Å². The van der Waals surface area contributed by atoms with Gasteiger partial charge in [-0.15, -0.1) is 10.2 Å². The summed E-state index contributed by atoms with van der Waals surface area (Å²) in [4.78, 5) is 35.0. The Labute approximate surface area is 184 Å². The Kier molecular flexibility index (Phi) is 4.79. The van der Waals surface area contributed by atoms with Gasteiger partial charge in [0, 0.05) is 18.6 Å². The summed E-state index contributed by atoms with van der Waals surface area (Å²) in [6.07, 6.45) is 4.94. The number of amides is 1. The number of rotatable bonds is 4. The summed E-state index contributed by atoms with van der Waals surface area (Å²) in [5, 5.41) is 20.5. The van der Waals surface area contributed by atoms with E-state index >= 15 is 0 Å². The molecular weight excluding hydrogens is 428 g/mol. The molecule has 10 nitrogen and oxygen atoms in total. The number of carbonyl (C=O) groups excluding carboxylic acids is 1. The first kappa shape index (κ1) is 19.7. The zero-order valence-electron chi connectivity index (χ0n) is 16.8. The van der Waals surface area contributed by atoms with Crippen LogP contribution in [0.3, 0.4) is 0 Å². The average Bonchev–Trinajstić information content (AvgIpc) is 3.21. The zero-order chi connectivity index (χ0) is 22.2. The summed E-state index contributed by atoms with van der Waals surface area (Å²) in [6, 6.07) is 10.3. The molecule has 0 aromatic carbocycles. The second kappa shape index (κ2) is 7.78. The van der Waals surface area contributed by atoms with E-state index in [0.717, 1.165) is 5.56 Å². The summed E-state index contributed by atoms with van der Waals surface area (Å²) in [6.45, 7) is 2.00. The first-order chi connectivity index (χ1) is 15.5. The largest absolute Gasteiger partial charge is 0.306 e. The number of nitrogens with one attached hydrogen (secondary N) is 2. The number of nitrogens with zero attached hydrogens (tertiary/aromatic N) is 6. The molecule has 0 unspecified atom stereocenters.